The summed E-state index contributed by atoms with van der Waals surface area (Å²) in [6.45, 7) is 6.02. The number of aliphatic hydroxyl groups is 1. The molecule has 1 aromatic carbocycles. The molecule has 1 atom stereocenters. The second-order valence-electron chi connectivity index (χ2n) is 11.4. The van der Waals surface area contributed by atoms with Crippen LogP contribution in [0.2, 0.25) is 0 Å². The highest BCUT2D eigenvalue weighted by Crippen LogP contribution is 2.29. The third-order valence-electron chi connectivity index (χ3n) is 7.69. The summed E-state index contributed by atoms with van der Waals surface area (Å²) in [7, 11) is 0. The van der Waals surface area contributed by atoms with Crippen LogP contribution in [0.5, 0.6) is 0 Å². The molecule has 1 saturated carbocycles. The number of nitrogens with zero attached hydrogens (tertiary/aromatic N) is 5. The molecule has 224 valence electrons. The van der Waals surface area contributed by atoms with E-state index >= 15 is 0 Å². The number of morpholine rings is 1. The normalized spacial score (nSPS) is 24.0. The molecule has 3 N–H and O–H groups in total. The first-order chi connectivity index (χ1) is 19.7. The highest BCUT2D eigenvalue weighted by Gasteiger charge is 2.32. The van der Waals surface area contributed by atoms with Crippen LogP contribution in [-0.2, 0) is 14.3 Å². The smallest absolute Gasteiger partial charge is 0.296 e. The minimum atomic E-state index is -2.77. The number of carbonyl (C=O) groups excluding carboxylic acids is 1. The molecule has 0 spiro atoms. The number of alkyl halides is 2. The van der Waals surface area contributed by atoms with Crippen LogP contribution in [-0.4, -0.2) is 101 Å². The van der Waals surface area contributed by atoms with Gasteiger partial charge in [0.15, 0.2) is 12.1 Å². The zero-order valence-electron chi connectivity index (χ0n) is 23.6. The Balaban J connectivity index is 1.27. The summed E-state index contributed by atoms with van der Waals surface area (Å²) in [5.74, 6) is 0.428. The quantitative estimate of drug-likeness (QED) is 0.442. The molecule has 1 saturated heterocycles. The van der Waals surface area contributed by atoms with Crippen LogP contribution >= 0.6 is 0 Å². The average molecular weight is 576 g/mol. The fourth-order valence-corrected chi connectivity index (χ4v) is 5.34. The molecular formula is C28H39F2N7O4. The van der Waals surface area contributed by atoms with Crippen LogP contribution in [0.4, 0.5) is 8.78 Å². The van der Waals surface area contributed by atoms with E-state index in [0.29, 0.717) is 49.1 Å². The number of aliphatic imine (C=N–C) groups is 2. The molecular weight excluding hydrogens is 536 g/mol. The fraction of sp³-hybridized carbons (Fsp3) is 0.643. The van der Waals surface area contributed by atoms with Gasteiger partial charge in [0.25, 0.3) is 6.43 Å². The van der Waals surface area contributed by atoms with Gasteiger partial charge >= 0.3 is 0 Å². The van der Waals surface area contributed by atoms with Gasteiger partial charge in [0.1, 0.15) is 5.84 Å². The number of hydrogen-bond acceptors (Lipinski definition) is 9. The molecule has 2 aromatic rings. The van der Waals surface area contributed by atoms with Gasteiger partial charge in [0.05, 0.1) is 49.9 Å². The first-order valence-corrected chi connectivity index (χ1v) is 14.3. The zero-order chi connectivity index (χ0) is 29.0. The molecule has 2 aliphatic heterocycles. The zero-order valence-corrected chi connectivity index (χ0v) is 23.6. The number of hydrogen-bond donors (Lipinski definition) is 3. The van der Waals surface area contributed by atoms with Crippen LogP contribution in [0, 0.1) is 0 Å². The SMILES string of the molecule is CC(C)(CO)NCC(=O)NC1CCC(OC2CC(n3c(C(F)F)nc4ccccc43)=NC(N3CCOCC3)=N2)CC1. The van der Waals surface area contributed by atoms with Crippen molar-refractivity contribution in [2.24, 2.45) is 9.98 Å². The second-order valence-corrected chi connectivity index (χ2v) is 11.4. The van der Waals surface area contributed by atoms with E-state index in [4.69, 9.17) is 19.5 Å². The number of ether oxygens (including phenoxy) is 2. The van der Waals surface area contributed by atoms with Crippen molar-refractivity contribution >= 4 is 28.7 Å². The number of para-hydroxylation sites is 2. The van der Waals surface area contributed by atoms with Crippen molar-refractivity contribution in [1.29, 1.82) is 0 Å². The molecule has 3 heterocycles. The van der Waals surface area contributed by atoms with Gasteiger partial charge in [0.2, 0.25) is 11.9 Å². The van der Waals surface area contributed by atoms with Gasteiger partial charge in [-0.1, -0.05) is 12.1 Å². The summed E-state index contributed by atoms with van der Waals surface area (Å²) in [5.41, 5.74) is 0.524. The van der Waals surface area contributed by atoms with Crippen molar-refractivity contribution < 1.29 is 28.2 Å². The molecule has 2 fully saturated rings. The van der Waals surface area contributed by atoms with Crippen LogP contribution in [0.1, 0.15) is 58.2 Å². The topological polar surface area (TPSA) is 126 Å². The molecule has 1 aliphatic carbocycles. The maximum atomic E-state index is 14.1. The Labute approximate surface area is 238 Å². The maximum Gasteiger partial charge on any atom is 0.296 e. The van der Waals surface area contributed by atoms with Gasteiger partial charge < -0.3 is 30.1 Å². The molecule has 5 rings (SSSR count). The monoisotopic (exact) mass is 575 g/mol. The van der Waals surface area contributed by atoms with E-state index in [1.807, 2.05) is 18.7 Å². The summed E-state index contributed by atoms with van der Waals surface area (Å²) in [4.78, 5) is 28.1. The lowest BCUT2D eigenvalue weighted by Crippen LogP contribution is -2.49. The summed E-state index contributed by atoms with van der Waals surface area (Å²) >= 11 is 0. The number of imidazole rings is 1. The number of carbonyl (C=O) groups is 1. The Hall–Kier alpha value is -3.00. The van der Waals surface area contributed by atoms with Gasteiger partial charge in [-0.25, -0.2) is 18.8 Å². The van der Waals surface area contributed by atoms with Crippen LogP contribution in [0.3, 0.4) is 0 Å². The van der Waals surface area contributed by atoms with E-state index in [0.717, 1.165) is 25.7 Å². The summed E-state index contributed by atoms with van der Waals surface area (Å²) < 4.78 is 41.6. The summed E-state index contributed by atoms with van der Waals surface area (Å²) in [5, 5.41) is 15.5. The van der Waals surface area contributed by atoms with Crippen LogP contribution < -0.4 is 10.6 Å². The number of benzene rings is 1. The van der Waals surface area contributed by atoms with Crippen LogP contribution in [0.25, 0.3) is 11.0 Å². The fourth-order valence-electron chi connectivity index (χ4n) is 5.34. The van der Waals surface area contributed by atoms with E-state index in [-0.39, 0.29) is 43.4 Å². The number of aliphatic hydroxyl groups excluding tert-OH is 1. The van der Waals surface area contributed by atoms with E-state index in [2.05, 4.69) is 15.6 Å². The number of halogens is 2. The first-order valence-electron chi connectivity index (χ1n) is 14.3. The lowest BCUT2D eigenvalue weighted by atomic mass is 9.93. The Bertz CT molecular complexity index is 1270. The predicted molar refractivity (Wildman–Crippen MR) is 150 cm³/mol. The Morgan fingerprint density at radius 3 is 2.63 bits per heavy atom. The minimum Gasteiger partial charge on any atom is -0.394 e. The minimum absolute atomic E-state index is 0.0446. The lowest BCUT2D eigenvalue weighted by Gasteiger charge is -2.34. The third-order valence-corrected chi connectivity index (χ3v) is 7.69. The molecule has 1 amide bonds. The molecule has 3 aliphatic rings. The van der Waals surface area contributed by atoms with E-state index in [1.165, 1.54) is 4.57 Å². The van der Waals surface area contributed by atoms with Gasteiger partial charge in [-0.2, -0.15) is 4.99 Å². The van der Waals surface area contributed by atoms with Crippen molar-refractivity contribution in [2.75, 3.05) is 39.5 Å². The van der Waals surface area contributed by atoms with Crippen molar-refractivity contribution in [3.05, 3.63) is 30.1 Å². The number of nitrogens with one attached hydrogen (secondary N) is 2. The second kappa shape index (κ2) is 12.9. The molecule has 11 nitrogen and oxygen atoms in total. The Kier molecular flexibility index (Phi) is 9.27. The van der Waals surface area contributed by atoms with Crippen molar-refractivity contribution in [3.8, 4) is 0 Å². The summed E-state index contributed by atoms with van der Waals surface area (Å²) in [6, 6.07) is 7.10. The van der Waals surface area contributed by atoms with Crippen molar-refractivity contribution in [2.45, 2.75) is 76.3 Å². The van der Waals surface area contributed by atoms with Crippen molar-refractivity contribution in [3.63, 3.8) is 0 Å². The van der Waals surface area contributed by atoms with E-state index in [1.54, 1.807) is 24.3 Å². The number of rotatable bonds is 8. The highest BCUT2D eigenvalue weighted by molar-refractivity contribution is 6.03. The van der Waals surface area contributed by atoms with Crippen molar-refractivity contribution in [1.82, 2.24) is 25.1 Å². The molecule has 0 bridgehead atoms. The van der Waals surface area contributed by atoms with E-state index < -0.39 is 18.2 Å². The first kappa shape index (κ1) is 29.5. The Morgan fingerprint density at radius 2 is 1.93 bits per heavy atom. The summed E-state index contributed by atoms with van der Waals surface area (Å²) in [6.07, 6.45) is -0.215. The van der Waals surface area contributed by atoms with Gasteiger partial charge in [-0.3, -0.25) is 9.36 Å². The largest absolute Gasteiger partial charge is 0.394 e. The maximum absolute atomic E-state index is 14.1. The number of fused-ring (bicyclic) bond motifs is 1. The Morgan fingerprint density at radius 1 is 1.20 bits per heavy atom. The number of amides is 1. The van der Waals surface area contributed by atoms with Gasteiger partial charge in [-0.05, 0) is 51.7 Å². The molecule has 13 heteroatoms. The molecule has 41 heavy (non-hydrogen) atoms. The number of aromatic nitrogens is 2. The number of guanidine groups is 1. The van der Waals surface area contributed by atoms with Crippen LogP contribution in [0.15, 0.2) is 34.3 Å². The molecule has 1 unspecified atom stereocenters. The van der Waals surface area contributed by atoms with E-state index in [9.17, 15) is 18.7 Å². The average Bonchev–Trinajstić information content (AvgIpc) is 3.38. The predicted octanol–water partition coefficient (Wildman–Crippen LogP) is 2.44. The molecule has 0 radical (unpaired) electrons. The lowest BCUT2D eigenvalue weighted by molar-refractivity contribution is -0.122. The third kappa shape index (κ3) is 7.26. The molecule has 1 aromatic heterocycles. The van der Waals surface area contributed by atoms with Gasteiger partial charge in [-0.15, -0.1) is 0 Å². The standard InChI is InChI=1S/C28H39F2N7O4/c1-28(2,17-38)31-16-23(39)32-18-7-9-19(10-8-18)41-24-15-22(34-27(35-24)36-11-13-40-14-12-36)37-21-6-4-3-5-20(21)33-26(37)25(29)30/h3-6,18-19,24-25,31,38H,7-17H2,1-2H3,(H,32,39). The van der Waals surface area contributed by atoms with Gasteiger partial charge in [0, 0.05) is 24.7 Å². The highest BCUT2D eigenvalue weighted by atomic mass is 19.3.